The molecule has 1 aromatic carbocycles. The minimum Gasteiger partial charge on any atom is -0.372 e. The Morgan fingerprint density at radius 3 is 2.69 bits per heavy atom. The standard InChI is InChI=1S/C9H10N4/c1-10-9-7-11-12-13(9)8-5-3-2-4-6-8/h2-7,10H,1H3. The molecule has 1 aromatic heterocycles. The van der Waals surface area contributed by atoms with Gasteiger partial charge in [-0.3, -0.25) is 0 Å². The molecule has 0 aliphatic heterocycles. The quantitative estimate of drug-likeness (QED) is 0.746. The Balaban J connectivity index is 2.47. The Kier molecular flexibility index (Phi) is 1.96. The van der Waals surface area contributed by atoms with Gasteiger partial charge in [-0.05, 0) is 12.1 Å². The molecule has 0 radical (unpaired) electrons. The molecule has 1 heterocycles. The summed E-state index contributed by atoms with van der Waals surface area (Å²) < 4.78 is 1.75. The number of benzene rings is 1. The lowest BCUT2D eigenvalue weighted by molar-refractivity contribution is 0.807. The molecule has 1 N–H and O–H groups in total. The van der Waals surface area contributed by atoms with Crippen molar-refractivity contribution >= 4 is 5.82 Å². The van der Waals surface area contributed by atoms with E-state index in [1.54, 1.807) is 10.9 Å². The van der Waals surface area contributed by atoms with Crippen LogP contribution in [-0.4, -0.2) is 22.0 Å². The van der Waals surface area contributed by atoms with Gasteiger partial charge in [0.1, 0.15) is 5.82 Å². The second kappa shape index (κ2) is 3.26. The van der Waals surface area contributed by atoms with E-state index in [1.165, 1.54) is 0 Å². The molecule has 4 heteroatoms. The third-order valence-electron chi connectivity index (χ3n) is 1.81. The maximum Gasteiger partial charge on any atom is 0.150 e. The molecule has 66 valence electrons. The Hall–Kier alpha value is -1.84. The van der Waals surface area contributed by atoms with E-state index in [1.807, 2.05) is 37.4 Å². The lowest BCUT2D eigenvalue weighted by Gasteiger charge is -2.03. The van der Waals surface area contributed by atoms with Crippen molar-refractivity contribution in [3.8, 4) is 5.69 Å². The average molecular weight is 174 g/mol. The fourth-order valence-electron chi connectivity index (χ4n) is 1.17. The summed E-state index contributed by atoms with van der Waals surface area (Å²) in [6.45, 7) is 0. The number of anilines is 1. The van der Waals surface area contributed by atoms with Crippen molar-refractivity contribution in [2.45, 2.75) is 0 Å². The molecule has 0 unspecified atom stereocenters. The van der Waals surface area contributed by atoms with E-state index >= 15 is 0 Å². The lowest BCUT2D eigenvalue weighted by Crippen LogP contribution is -2.01. The van der Waals surface area contributed by atoms with E-state index in [0.717, 1.165) is 11.5 Å². The molecule has 0 aliphatic carbocycles. The summed E-state index contributed by atoms with van der Waals surface area (Å²) in [5, 5.41) is 10.8. The highest BCUT2D eigenvalue weighted by Gasteiger charge is 2.01. The van der Waals surface area contributed by atoms with Crippen molar-refractivity contribution in [2.24, 2.45) is 0 Å². The van der Waals surface area contributed by atoms with Gasteiger partial charge in [-0.2, -0.15) is 4.68 Å². The number of para-hydroxylation sites is 1. The first kappa shape index (κ1) is 7.79. The molecule has 2 rings (SSSR count). The number of nitrogens with zero attached hydrogens (tertiary/aromatic N) is 3. The maximum absolute atomic E-state index is 3.96. The van der Waals surface area contributed by atoms with Gasteiger partial charge in [0.15, 0.2) is 0 Å². The van der Waals surface area contributed by atoms with Crippen molar-refractivity contribution in [1.29, 1.82) is 0 Å². The molecule has 13 heavy (non-hydrogen) atoms. The van der Waals surface area contributed by atoms with Crippen LogP contribution in [0.5, 0.6) is 0 Å². The van der Waals surface area contributed by atoms with Gasteiger partial charge in [0.25, 0.3) is 0 Å². The van der Waals surface area contributed by atoms with Gasteiger partial charge in [0.05, 0.1) is 11.9 Å². The molecule has 2 aromatic rings. The number of hydrogen-bond acceptors (Lipinski definition) is 3. The third kappa shape index (κ3) is 1.38. The zero-order valence-corrected chi connectivity index (χ0v) is 7.31. The molecule has 0 bridgehead atoms. The van der Waals surface area contributed by atoms with Crippen LogP contribution < -0.4 is 5.32 Å². The zero-order chi connectivity index (χ0) is 9.10. The normalized spacial score (nSPS) is 9.92. The maximum atomic E-state index is 3.96. The summed E-state index contributed by atoms with van der Waals surface area (Å²) in [5.74, 6) is 0.881. The van der Waals surface area contributed by atoms with Crippen LogP contribution in [0.4, 0.5) is 5.82 Å². The first-order valence-electron chi connectivity index (χ1n) is 4.05. The second-order valence-electron chi connectivity index (χ2n) is 2.62. The topological polar surface area (TPSA) is 42.7 Å². The average Bonchev–Trinajstić information content (AvgIpc) is 2.67. The van der Waals surface area contributed by atoms with E-state index in [4.69, 9.17) is 0 Å². The van der Waals surface area contributed by atoms with E-state index in [2.05, 4.69) is 15.6 Å². The summed E-state index contributed by atoms with van der Waals surface area (Å²) in [6, 6.07) is 9.87. The largest absolute Gasteiger partial charge is 0.372 e. The van der Waals surface area contributed by atoms with Crippen LogP contribution >= 0.6 is 0 Å². The highest BCUT2D eigenvalue weighted by atomic mass is 15.5. The molecule has 0 amide bonds. The first-order chi connectivity index (χ1) is 6.42. The summed E-state index contributed by atoms with van der Waals surface area (Å²) in [4.78, 5) is 0. The summed E-state index contributed by atoms with van der Waals surface area (Å²) in [6.07, 6.45) is 1.69. The minimum atomic E-state index is 0.881. The zero-order valence-electron chi connectivity index (χ0n) is 7.31. The molecule has 0 saturated heterocycles. The van der Waals surface area contributed by atoms with Crippen LogP contribution in [0.2, 0.25) is 0 Å². The molecule has 0 atom stereocenters. The molecule has 4 nitrogen and oxygen atoms in total. The van der Waals surface area contributed by atoms with Gasteiger partial charge in [0, 0.05) is 7.05 Å². The van der Waals surface area contributed by atoms with Crippen molar-refractivity contribution < 1.29 is 0 Å². The van der Waals surface area contributed by atoms with Crippen LogP contribution in [0.15, 0.2) is 36.5 Å². The Morgan fingerprint density at radius 2 is 2.00 bits per heavy atom. The van der Waals surface area contributed by atoms with E-state index in [0.29, 0.717) is 0 Å². The Morgan fingerprint density at radius 1 is 1.23 bits per heavy atom. The highest BCUT2D eigenvalue weighted by Crippen LogP contribution is 2.11. The van der Waals surface area contributed by atoms with Gasteiger partial charge in [-0.15, -0.1) is 5.10 Å². The van der Waals surface area contributed by atoms with Gasteiger partial charge in [-0.25, -0.2) is 0 Å². The van der Waals surface area contributed by atoms with Crippen LogP contribution in [-0.2, 0) is 0 Å². The number of hydrogen-bond donors (Lipinski definition) is 1. The van der Waals surface area contributed by atoms with Crippen molar-refractivity contribution in [2.75, 3.05) is 12.4 Å². The number of nitrogens with one attached hydrogen (secondary N) is 1. The van der Waals surface area contributed by atoms with Crippen LogP contribution in [0, 0.1) is 0 Å². The van der Waals surface area contributed by atoms with Gasteiger partial charge < -0.3 is 5.32 Å². The fourth-order valence-corrected chi connectivity index (χ4v) is 1.17. The van der Waals surface area contributed by atoms with Gasteiger partial charge in [-0.1, -0.05) is 23.4 Å². The minimum absolute atomic E-state index is 0.881. The summed E-state index contributed by atoms with van der Waals surface area (Å²) in [5.41, 5.74) is 1.00. The Bertz CT molecular complexity index is 380. The predicted octanol–water partition coefficient (Wildman–Crippen LogP) is 1.31. The molecular weight excluding hydrogens is 164 g/mol. The van der Waals surface area contributed by atoms with Gasteiger partial charge in [0.2, 0.25) is 0 Å². The molecule has 0 aliphatic rings. The summed E-state index contributed by atoms with van der Waals surface area (Å²) >= 11 is 0. The van der Waals surface area contributed by atoms with Crippen LogP contribution in [0.1, 0.15) is 0 Å². The third-order valence-corrected chi connectivity index (χ3v) is 1.81. The van der Waals surface area contributed by atoms with Crippen LogP contribution in [0.3, 0.4) is 0 Å². The fraction of sp³-hybridized carbons (Fsp3) is 0.111. The van der Waals surface area contributed by atoms with Crippen LogP contribution in [0.25, 0.3) is 5.69 Å². The summed E-state index contributed by atoms with van der Waals surface area (Å²) in [7, 11) is 1.85. The van der Waals surface area contributed by atoms with Crippen molar-refractivity contribution in [1.82, 2.24) is 15.0 Å². The molecule has 0 saturated carbocycles. The van der Waals surface area contributed by atoms with E-state index < -0.39 is 0 Å². The van der Waals surface area contributed by atoms with Crippen molar-refractivity contribution in [3.05, 3.63) is 36.5 Å². The van der Waals surface area contributed by atoms with Crippen molar-refractivity contribution in [3.63, 3.8) is 0 Å². The number of aromatic nitrogens is 3. The molecule has 0 fully saturated rings. The smallest absolute Gasteiger partial charge is 0.150 e. The van der Waals surface area contributed by atoms with Gasteiger partial charge >= 0.3 is 0 Å². The SMILES string of the molecule is CNc1cnnn1-c1ccccc1. The first-order valence-corrected chi connectivity index (χ1v) is 4.05. The Labute approximate surface area is 76.2 Å². The van der Waals surface area contributed by atoms with E-state index in [9.17, 15) is 0 Å². The predicted molar refractivity (Wildman–Crippen MR) is 50.9 cm³/mol. The van der Waals surface area contributed by atoms with E-state index in [-0.39, 0.29) is 0 Å². The monoisotopic (exact) mass is 174 g/mol. The molecular formula is C9H10N4. The lowest BCUT2D eigenvalue weighted by atomic mass is 10.3. The number of rotatable bonds is 2. The second-order valence-corrected chi connectivity index (χ2v) is 2.62. The molecule has 0 spiro atoms. The highest BCUT2D eigenvalue weighted by molar-refractivity contribution is 5.41.